The molecule has 45 heavy (non-hydrogen) atoms. The highest BCUT2D eigenvalue weighted by molar-refractivity contribution is 8.18. The van der Waals surface area contributed by atoms with Gasteiger partial charge in [-0.3, -0.25) is 24.1 Å². The number of carbonyl (C=O) groups excluding carboxylic acids is 5. The maximum Gasteiger partial charge on any atom is 0.339 e. The van der Waals surface area contributed by atoms with E-state index < -0.39 is 29.6 Å². The van der Waals surface area contributed by atoms with E-state index in [9.17, 15) is 24.0 Å². The third kappa shape index (κ3) is 8.43. The zero-order valence-corrected chi connectivity index (χ0v) is 26.5. The first-order valence-corrected chi connectivity index (χ1v) is 14.9. The third-order valence-electron chi connectivity index (χ3n) is 6.56. The molecule has 0 bridgehead atoms. The first-order valence-electron chi connectivity index (χ1n) is 13.7. The second-order valence-corrected chi connectivity index (χ2v) is 11.2. The largest absolute Gasteiger partial charge is 0.493 e. The minimum atomic E-state index is -0.652. The monoisotopic (exact) mass is 651 g/mol. The van der Waals surface area contributed by atoms with Gasteiger partial charge in [0.25, 0.3) is 17.1 Å². The molecule has 4 rings (SSSR count). The van der Waals surface area contributed by atoms with Gasteiger partial charge in [-0.15, -0.1) is 0 Å². The van der Waals surface area contributed by atoms with Gasteiger partial charge in [-0.05, 0) is 97.8 Å². The number of ether oxygens (including phenoxy) is 3. The highest BCUT2D eigenvalue weighted by atomic mass is 35.5. The zero-order chi connectivity index (χ0) is 32.7. The lowest BCUT2D eigenvalue weighted by Gasteiger charge is -2.13. The van der Waals surface area contributed by atoms with Crippen molar-refractivity contribution in [3.63, 3.8) is 0 Å². The first kappa shape index (κ1) is 33.1. The molecule has 1 heterocycles. The fourth-order valence-corrected chi connectivity index (χ4v) is 5.19. The molecule has 1 aliphatic rings. The number of imide groups is 1. The zero-order valence-electron chi connectivity index (χ0n) is 24.9. The lowest BCUT2D eigenvalue weighted by Crippen LogP contribution is -2.36. The smallest absolute Gasteiger partial charge is 0.339 e. The number of thioether (sulfide) groups is 1. The number of esters is 1. The van der Waals surface area contributed by atoms with E-state index in [0.29, 0.717) is 34.5 Å². The van der Waals surface area contributed by atoms with E-state index in [1.807, 2.05) is 32.0 Å². The molecule has 3 aromatic carbocycles. The van der Waals surface area contributed by atoms with Crippen molar-refractivity contribution in [2.24, 2.45) is 0 Å². The Bertz CT molecular complexity index is 1710. The number of nitrogens with zero attached hydrogens (tertiary/aromatic N) is 1. The van der Waals surface area contributed by atoms with Gasteiger partial charge in [0.1, 0.15) is 6.54 Å². The van der Waals surface area contributed by atoms with Gasteiger partial charge < -0.3 is 24.8 Å². The molecule has 0 aliphatic carbocycles. The van der Waals surface area contributed by atoms with Crippen LogP contribution in [0.1, 0.15) is 34.0 Å². The Morgan fingerprint density at radius 1 is 0.911 bits per heavy atom. The predicted octanol–water partition coefficient (Wildman–Crippen LogP) is 5.83. The number of anilines is 2. The summed E-state index contributed by atoms with van der Waals surface area (Å²) in [5, 5.41) is 4.88. The summed E-state index contributed by atoms with van der Waals surface area (Å²) < 4.78 is 16.0. The second kappa shape index (κ2) is 14.8. The SMILES string of the molecule is CCOC(=O)c1cc(NC(=O)CN2C(=O)S/C(=C/c3ccc(OCC(=O)Nc4ccc(C)c(C)c4)c(OC)c3)C2=O)ccc1Cl. The molecule has 11 nitrogen and oxygen atoms in total. The van der Waals surface area contributed by atoms with Crippen molar-refractivity contribution in [3.8, 4) is 11.5 Å². The summed E-state index contributed by atoms with van der Waals surface area (Å²) >= 11 is 6.75. The van der Waals surface area contributed by atoms with Crippen molar-refractivity contribution in [2.75, 3.05) is 37.5 Å². The lowest BCUT2D eigenvalue weighted by molar-refractivity contribution is -0.127. The number of methoxy groups -OCH3 is 1. The van der Waals surface area contributed by atoms with Crippen molar-refractivity contribution < 1.29 is 38.2 Å². The van der Waals surface area contributed by atoms with E-state index in [4.69, 9.17) is 25.8 Å². The van der Waals surface area contributed by atoms with Crippen molar-refractivity contribution >= 4 is 69.7 Å². The first-order chi connectivity index (χ1) is 21.5. The molecular weight excluding hydrogens is 622 g/mol. The van der Waals surface area contributed by atoms with Crippen molar-refractivity contribution in [1.29, 1.82) is 0 Å². The Balaban J connectivity index is 1.38. The molecule has 1 saturated heterocycles. The average molecular weight is 652 g/mol. The van der Waals surface area contributed by atoms with Crippen LogP contribution in [-0.2, 0) is 19.1 Å². The minimum absolute atomic E-state index is 0.0675. The van der Waals surface area contributed by atoms with Crippen LogP contribution in [0.25, 0.3) is 6.08 Å². The molecule has 13 heteroatoms. The maximum absolute atomic E-state index is 13.0. The summed E-state index contributed by atoms with van der Waals surface area (Å²) in [6.07, 6.45) is 1.49. The summed E-state index contributed by atoms with van der Waals surface area (Å²) in [6.45, 7) is 4.94. The van der Waals surface area contributed by atoms with E-state index in [1.54, 1.807) is 25.1 Å². The number of carbonyl (C=O) groups is 5. The van der Waals surface area contributed by atoms with E-state index in [2.05, 4.69) is 10.6 Å². The van der Waals surface area contributed by atoms with Crippen LogP contribution in [-0.4, -0.2) is 60.7 Å². The Hall–Kier alpha value is -4.81. The topological polar surface area (TPSA) is 140 Å². The van der Waals surface area contributed by atoms with E-state index in [1.165, 1.54) is 31.4 Å². The summed E-state index contributed by atoms with van der Waals surface area (Å²) in [4.78, 5) is 63.7. The Morgan fingerprint density at radius 3 is 2.33 bits per heavy atom. The summed E-state index contributed by atoms with van der Waals surface area (Å²) in [5.74, 6) is -1.68. The lowest BCUT2D eigenvalue weighted by atomic mass is 10.1. The van der Waals surface area contributed by atoms with Crippen LogP contribution < -0.4 is 20.1 Å². The molecule has 0 radical (unpaired) electrons. The second-order valence-electron chi connectivity index (χ2n) is 9.78. The van der Waals surface area contributed by atoms with Crippen LogP contribution in [0.3, 0.4) is 0 Å². The normalized spacial score (nSPS) is 13.5. The molecule has 234 valence electrons. The Kier molecular flexibility index (Phi) is 10.9. The van der Waals surface area contributed by atoms with Gasteiger partial charge in [-0.2, -0.15) is 0 Å². The van der Waals surface area contributed by atoms with Gasteiger partial charge in [-0.1, -0.05) is 23.7 Å². The van der Waals surface area contributed by atoms with Crippen LogP contribution in [0.4, 0.5) is 16.2 Å². The van der Waals surface area contributed by atoms with Gasteiger partial charge in [0.05, 0.1) is 29.2 Å². The van der Waals surface area contributed by atoms with E-state index >= 15 is 0 Å². The Labute approximate surface area is 268 Å². The van der Waals surface area contributed by atoms with Gasteiger partial charge in [0.2, 0.25) is 5.91 Å². The molecule has 0 aromatic heterocycles. The molecule has 1 aliphatic heterocycles. The number of amides is 4. The van der Waals surface area contributed by atoms with Gasteiger partial charge in [0.15, 0.2) is 18.1 Å². The number of aryl methyl sites for hydroxylation is 2. The third-order valence-corrected chi connectivity index (χ3v) is 7.79. The molecular formula is C32H30ClN3O8S. The molecule has 0 unspecified atom stereocenters. The number of halogens is 1. The fraction of sp³-hybridized carbons (Fsp3) is 0.219. The fourth-order valence-electron chi connectivity index (χ4n) is 4.15. The van der Waals surface area contributed by atoms with Crippen LogP contribution in [0.5, 0.6) is 11.5 Å². The molecule has 3 aromatic rings. The summed E-state index contributed by atoms with van der Waals surface area (Å²) in [5.41, 5.74) is 3.67. The van der Waals surface area contributed by atoms with E-state index in [0.717, 1.165) is 16.0 Å². The molecule has 0 spiro atoms. The standard InChI is InChI=1S/C32H30ClN3O8S/c1-5-43-31(40)23-15-22(9-10-24(23)33)34-28(37)16-36-30(39)27(45-32(36)41)14-20-7-11-25(26(13-20)42-4)44-17-29(38)35-21-8-6-18(2)19(3)12-21/h6-15H,5,16-17H2,1-4H3,(H,34,37)(H,35,38)/b27-14+. The van der Waals surface area contributed by atoms with Crippen molar-refractivity contribution in [3.05, 3.63) is 86.8 Å². The van der Waals surface area contributed by atoms with Gasteiger partial charge in [-0.25, -0.2) is 4.79 Å². The highest BCUT2D eigenvalue weighted by Gasteiger charge is 2.36. The average Bonchev–Trinajstić information content (AvgIpc) is 3.26. The summed E-state index contributed by atoms with van der Waals surface area (Å²) in [7, 11) is 1.43. The maximum atomic E-state index is 13.0. The van der Waals surface area contributed by atoms with Crippen LogP contribution in [0.15, 0.2) is 59.5 Å². The van der Waals surface area contributed by atoms with Crippen molar-refractivity contribution in [1.82, 2.24) is 4.90 Å². The molecule has 0 saturated carbocycles. The highest BCUT2D eigenvalue weighted by Crippen LogP contribution is 2.34. The van der Waals surface area contributed by atoms with E-state index in [-0.39, 0.29) is 40.3 Å². The van der Waals surface area contributed by atoms with Crippen LogP contribution >= 0.6 is 23.4 Å². The number of hydrogen-bond donors (Lipinski definition) is 2. The number of benzene rings is 3. The van der Waals surface area contributed by atoms with Crippen LogP contribution in [0, 0.1) is 13.8 Å². The number of nitrogens with one attached hydrogen (secondary N) is 2. The number of hydrogen-bond acceptors (Lipinski definition) is 9. The summed E-state index contributed by atoms with van der Waals surface area (Å²) in [6, 6.07) is 14.7. The number of rotatable bonds is 11. The minimum Gasteiger partial charge on any atom is -0.493 e. The van der Waals surface area contributed by atoms with Gasteiger partial charge in [0, 0.05) is 11.4 Å². The quantitative estimate of drug-likeness (QED) is 0.193. The molecule has 0 atom stereocenters. The molecule has 2 N–H and O–H groups in total. The molecule has 4 amide bonds. The predicted molar refractivity (Wildman–Crippen MR) is 172 cm³/mol. The van der Waals surface area contributed by atoms with Gasteiger partial charge >= 0.3 is 5.97 Å². The Morgan fingerprint density at radius 2 is 1.62 bits per heavy atom. The van der Waals surface area contributed by atoms with Crippen molar-refractivity contribution in [2.45, 2.75) is 20.8 Å². The molecule has 1 fully saturated rings. The van der Waals surface area contributed by atoms with Crippen LogP contribution in [0.2, 0.25) is 5.02 Å².